The van der Waals surface area contributed by atoms with Crippen LogP contribution in [-0.4, -0.2) is 29.0 Å². The SMILES string of the molecule is O=C1Cc2ccccc2C(=O)N1CC1(CS)CCC1. The van der Waals surface area contributed by atoms with Crippen molar-refractivity contribution in [3.05, 3.63) is 35.4 Å². The van der Waals surface area contributed by atoms with Gasteiger partial charge in [0.05, 0.1) is 6.42 Å². The lowest BCUT2D eigenvalue weighted by Crippen LogP contribution is -2.51. The number of hydrogen-bond acceptors (Lipinski definition) is 3. The van der Waals surface area contributed by atoms with Crippen LogP contribution in [0.3, 0.4) is 0 Å². The van der Waals surface area contributed by atoms with E-state index in [9.17, 15) is 9.59 Å². The Morgan fingerprint density at radius 1 is 1.21 bits per heavy atom. The molecular weight excluding hydrogens is 258 g/mol. The van der Waals surface area contributed by atoms with Gasteiger partial charge >= 0.3 is 0 Å². The third kappa shape index (κ3) is 2.08. The van der Waals surface area contributed by atoms with Crippen molar-refractivity contribution in [2.24, 2.45) is 5.41 Å². The standard InChI is InChI=1S/C15H17NO2S/c17-13-8-11-4-1-2-5-12(11)14(18)16(13)9-15(10-19)6-3-7-15/h1-2,4-5,19H,3,6-10H2. The lowest BCUT2D eigenvalue weighted by atomic mass is 9.69. The zero-order chi connectivity index (χ0) is 13.5. The summed E-state index contributed by atoms with van der Waals surface area (Å²) in [4.78, 5) is 26.1. The molecule has 0 aromatic heterocycles. The van der Waals surface area contributed by atoms with Crippen molar-refractivity contribution >= 4 is 24.4 Å². The molecule has 0 N–H and O–H groups in total. The summed E-state index contributed by atoms with van der Waals surface area (Å²) in [5.74, 6) is 0.530. The molecule has 3 rings (SSSR count). The summed E-state index contributed by atoms with van der Waals surface area (Å²) in [6.45, 7) is 0.530. The van der Waals surface area contributed by atoms with Gasteiger partial charge in [0, 0.05) is 12.1 Å². The average molecular weight is 275 g/mol. The highest BCUT2D eigenvalue weighted by atomic mass is 32.1. The second-order valence-electron chi connectivity index (χ2n) is 5.63. The number of hydrogen-bond donors (Lipinski definition) is 1. The molecule has 100 valence electrons. The van der Waals surface area contributed by atoms with Crippen LogP contribution in [0, 0.1) is 5.41 Å². The molecule has 0 unspecified atom stereocenters. The first-order valence-electron chi connectivity index (χ1n) is 6.69. The molecule has 1 saturated carbocycles. The van der Waals surface area contributed by atoms with Crippen LogP contribution in [-0.2, 0) is 11.2 Å². The quantitative estimate of drug-likeness (QED) is 0.679. The Kier molecular flexibility index (Phi) is 3.13. The lowest BCUT2D eigenvalue weighted by molar-refractivity contribution is -0.130. The van der Waals surface area contributed by atoms with Gasteiger partial charge in [0.2, 0.25) is 5.91 Å². The van der Waals surface area contributed by atoms with Gasteiger partial charge in [-0.15, -0.1) is 0 Å². The highest BCUT2D eigenvalue weighted by Gasteiger charge is 2.41. The smallest absolute Gasteiger partial charge is 0.260 e. The molecule has 4 heteroatoms. The molecule has 0 bridgehead atoms. The van der Waals surface area contributed by atoms with Crippen LogP contribution >= 0.6 is 12.6 Å². The predicted molar refractivity (Wildman–Crippen MR) is 76.3 cm³/mol. The monoisotopic (exact) mass is 275 g/mol. The van der Waals surface area contributed by atoms with E-state index in [2.05, 4.69) is 12.6 Å². The van der Waals surface area contributed by atoms with Crippen molar-refractivity contribution in [2.45, 2.75) is 25.7 Å². The van der Waals surface area contributed by atoms with E-state index in [1.165, 1.54) is 11.3 Å². The predicted octanol–water partition coefficient (Wildman–Crippen LogP) is 2.31. The first-order valence-corrected chi connectivity index (χ1v) is 7.32. The Morgan fingerprint density at radius 2 is 1.95 bits per heavy atom. The molecule has 2 aliphatic rings. The molecule has 0 atom stereocenters. The normalized spacial score (nSPS) is 21.0. The van der Waals surface area contributed by atoms with E-state index < -0.39 is 0 Å². The molecule has 1 aliphatic heterocycles. The van der Waals surface area contributed by atoms with Gasteiger partial charge in [-0.25, -0.2) is 0 Å². The first-order chi connectivity index (χ1) is 9.15. The Balaban J connectivity index is 1.87. The number of benzene rings is 1. The second-order valence-corrected chi connectivity index (χ2v) is 5.95. The van der Waals surface area contributed by atoms with Crippen molar-refractivity contribution < 1.29 is 9.59 Å². The first kappa shape index (κ1) is 12.7. The molecule has 1 aromatic rings. The molecular formula is C15H17NO2S. The number of carbonyl (C=O) groups excluding carboxylic acids is 2. The summed E-state index contributed by atoms with van der Waals surface area (Å²) in [7, 11) is 0. The van der Waals surface area contributed by atoms with Crippen LogP contribution < -0.4 is 0 Å². The van der Waals surface area contributed by atoms with E-state index in [1.54, 1.807) is 0 Å². The molecule has 2 amide bonds. The molecule has 0 saturated heterocycles. The molecule has 3 nitrogen and oxygen atoms in total. The Morgan fingerprint density at radius 3 is 2.58 bits per heavy atom. The van der Waals surface area contributed by atoms with E-state index in [-0.39, 0.29) is 17.2 Å². The number of imide groups is 1. The van der Waals surface area contributed by atoms with E-state index in [1.807, 2.05) is 24.3 Å². The second kappa shape index (κ2) is 4.67. The molecule has 1 heterocycles. The maximum Gasteiger partial charge on any atom is 0.260 e. The Bertz CT molecular complexity index is 531. The van der Waals surface area contributed by atoms with Crippen LogP contribution in [0.2, 0.25) is 0 Å². The fraction of sp³-hybridized carbons (Fsp3) is 0.467. The van der Waals surface area contributed by atoms with E-state index in [4.69, 9.17) is 0 Å². The Hall–Kier alpha value is -1.29. The maximum atomic E-state index is 12.4. The number of fused-ring (bicyclic) bond motifs is 1. The van der Waals surface area contributed by atoms with E-state index >= 15 is 0 Å². The minimum atomic E-state index is -0.139. The minimum absolute atomic E-state index is 0.0563. The molecule has 1 fully saturated rings. The van der Waals surface area contributed by atoms with Crippen molar-refractivity contribution in [2.75, 3.05) is 12.3 Å². The lowest BCUT2D eigenvalue weighted by Gasteiger charge is -2.44. The van der Waals surface area contributed by atoms with Gasteiger partial charge in [0.1, 0.15) is 0 Å². The summed E-state index contributed by atoms with van der Waals surface area (Å²) in [6.07, 6.45) is 3.64. The summed E-state index contributed by atoms with van der Waals surface area (Å²) in [6, 6.07) is 7.39. The van der Waals surface area contributed by atoms with Crippen LogP contribution in [0.4, 0.5) is 0 Å². The molecule has 1 aliphatic carbocycles. The van der Waals surface area contributed by atoms with Gasteiger partial charge in [0.15, 0.2) is 0 Å². The van der Waals surface area contributed by atoms with E-state index in [0.29, 0.717) is 18.5 Å². The zero-order valence-corrected chi connectivity index (χ0v) is 11.7. The van der Waals surface area contributed by atoms with E-state index in [0.717, 1.165) is 24.2 Å². The zero-order valence-electron chi connectivity index (χ0n) is 10.8. The summed E-state index contributed by atoms with van der Waals surface area (Å²) >= 11 is 4.40. The number of thiol groups is 1. The van der Waals surface area contributed by atoms with Crippen molar-refractivity contribution in [1.29, 1.82) is 0 Å². The van der Waals surface area contributed by atoms with Gasteiger partial charge in [-0.05, 0) is 35.6 Å². The third-order valence-corrected chi connectivity index (χ3v) is 5.05. The number of nitrogens with zero attached hydrogens (tertiary/aromatic N) is 1. The number of rotatable bonds is 3. The van der Waals surface area contributed by atoms with Gasteiger partial charge in [-0.2, -0.15) is 12.6 Å². The topological polar surface area (TPSA) is 37.4 Å². The maximum absolute atomic E-state index is 12.4. The molecule has 0 radical (unpaired) electrons. The van der Waals surface area contributed by atoms with Crippen molar-refractivity contribution in [3.63, 3.8) is 0 Å². The Labute approximate surface area is 118 Å². The van der Waals surface area contributed by atoms with Gasteiger partial charge in [-0.3, -0.25) is 14.5 Å². The number of amides is 2. The summed E-state index contributed by atoms with van der Waals surface area (Å²) in [5.41, 5.74) is 1.58. The van der Waals surface area contributed by atoms with Crippen LogP contribution in [0.5, 0.6) is 0 Å². The van der Waals surface area contributed by atoms with Crippen LogP contribution in [0.1, 0.15) is 35.2 Å². The van der Waals surface area contributed by atoms with Gasteiger partial charge < -0.3 is 0 Å². The fourth-order valence-corrected chi connectivity index (χ4v) is 3.35. The molecule has 19 heavy (non-hydrogen) atoms. The summed E-state index contributed by atoms with van der Waals surface area (Å²) < 4.78 is 0. The van der Waals surface area contributed by atoms with Crippen molar-refractivity contribution in [3.8, 4) is 0 Å². The van der Waals surface area contributed by atoms with Gasteiger partial charge in [-0.1, -0.05) is 24.6 Å². The third-order valence-electron chi connectivity index (χ3n) is 4.38. The molecule has 1 aromatic carbocycles. The number of carbonyl (C=O) groups is 2. The van der Waals surface area contributed by atoms with Gasteiger partial charge in [0.25, 0.3) is 5.91 Å². The summed E-state index contributed by atoms with van der Waals surface area (Å²) in [5, 5.41) is 0. The highest BCUT2D eigenvalue weighted by molar-refractivity contribution is 7.80. The molecule has 0 spiro atoms. The largest absolute Gasteiger partial charge is 0.278 e. The minimum Gasteiger partial charge on any atom is -0.278 e. The average Bonchev–Trinajstić information content (AvgIpc) is 2.37. The highest BCUT2D eigenvalue weighted by Crippen LogP contribution is 2.43. The van der Waals surface area contributed by atoms with Crippen molar-refractivity contribution in [1.82, 2.24) is 4.90 Å². The van der Waals surface area contributed by atoms with Crippen LogP contribution in [0.25, 0.3) is 0 Å². The fourth-order valence-electron chi connectivity index (χ4n) is 2.94. The van der Waals surface area contributed by atoms with Crippen LogP contribution in [0.15, 0.2) is 24.3 Å².